The molecule has 1 fully saturated rings. The molecule has 3 rings (SSSR count). The first-order chi connectivity index (χ1) is 11.6. The van der Waals surface area contributed by atoms with Gasteiger partial charge in [0.15, 0.2) is 5.82 Å². The molecule has 0 N–H and O–H groups in total. The summed E-state index contributed by atoms with van der Waals surface area (Å²) in [5.41, 5.74) is 0.976. The van der Waals surface area contributed by atoms with Crippen LogP contribution in [0.4, 0.5) is 5.82 Å². The summed E-state index contributed by atoms with van der Waals surface area (Å²) in [4.78, 5) is 16.0. The van der Waals surface area contributed by atoms with E-state index in [2.05, 4.69) is 26.0 Å². The van der Waals surface area contributed by atoms with Gasteiger partial charge in [-0.3, -0.25) is 0 Å². The number of hydrogen-bond acceptors (Lipinski definition) is 6. The number of anilines is 1. The first kappa shape index (κ1) is 16.8. The lowest BCUT2D eigenvalue weighted by atomic mass is 10.0. The molecular formula is C17H26N6O. The summed E-state index contributed by atoms with van der Waals surface area (Å²) < 4.78 is 7.22. The molecule has 0 radical (unpaired) electrons. The highest BCUT2D eigenvalue weighted by atomic mass is 16.5. The van der Waals surface area contributed by atoms with Crippen molar-refractivity contribution in [1.29, 1.82) is 0 Å². The van der Waals surface area contributed by atoms with Gasteiger partial charge in [-0.1, -0.05) is 0 Å². The van der Waals surface area contributed by atoms with Crippen molar-refractivity contribution in [2.45, 2.75) is 59.2 Å². The standard InChI is InChI=1S/C17H26N6O/c1-12-9-17(20-16(18-12)11-24-4)22-8-6-5-7-15(22)10-23-14(3)19-13(2)21-23/h9,15H,5-8,10-11H2,1-4H3. The van der Waals surface area contributed by atoms with Crippen molar-refractivity contribution >= 4 is 5.82 Å². The van der Waals surface area contributed by atoms with Crippen molar-refractivity contribution in [2.24, 2.45) is 0 Å². The summed E-state index contributed by atoms with van der Waals surface area (Å²) in [6, 6.07) is 2.44. The molecule has 24 heavy (non-hydrogen) atoms. The fourth-order valence-electron chi connectivity index (χ4n) is 3.38. The van der Waals surface area contributed by atoms with Crippen molar-refractivity contribution in [3.63, 3.8) is 0 Å². The first-order valence-electron chi connectivity index (χ1n) is 8.55. The van der Waals surface area contributed by atoms with E-state index in [0.717, 1.165) is 48.5 Å². The van der Waals surface area contributed by atoms with Gasteiger partial charge in [0.1, 0.15) is 24.1 Å². The van der Waals surface area contributed by atoms with Gasteiger partial charge in [0.25, 0.3) is 0 Å². The van der Waals surface area contributed by atoms with Crippen molar-refractivity contribution < 1.29 is 4.74 Å². The van der Waals surface area contributed by atoms with Gasteiger partial charge in [0.2, 0.25) is 0 Å². The average molecular weight is 330 g/mol. The second-order valence-corrected chi connectivity index (χ2v) is 6.45. The largest absolute Gasteiger partial charge is 0.377 e. The van der Waals surface area contributed by atoms with Crippen LogP contribution < -0.4 is 4.90 Å². The molecule has 0 spiro atoms. The summed E-state index contributed by atoms with van der Waals surface area (Å²) in [5, 5.41) is 4.52. The zero-order chi connectivity index (χ0) is 17.1. The summed E-state index contributed by atoms with van der Waals surface area (Å²) in [6.07, 6.45) is 3.57. The van der Waals surface area contributed by atoms with Gasteiger partial charge < -0.3 is 9.64 Å². The smallest absolute Gasteiger partial charge is 0.156 e. The number of aryl methyl sites for hydroxylation is 3. The molecule has 1 atom stereocenters. The van der Waals surface area contributed by atoms with Gasteiger partial charge in [-0.25, -0.2) is 19.6 Å². The highest BCUT2D eigenvalue weighted by molar-refractivity contribution is 5.41. The molecule has 1 saturated heterocycles. The Balaban J connectivity index is 1.85. The number of ether oxygens (including phenoxy) is 1. The zero-order valence-corrected chi connectivity index (χ0v) is 15.0. The topological polar surface area (TPSA) is 69.0 Å². The molecule has 1 aliphatic rings. The van der Waals surface area contributed by atoms with Crippen LogP contribution in [-0.2, 0) is 17.9 Å². The van der Waals surface area contributed by atoms with E-state index < -0.39 is 0 Å². The minimum Gasteiger partial charge on any atom is -0.377 e. The van der Waals surface area contributed by atoms with E-state index in [0.29, 0.717) is 12.6 Å². The predicted octanol–water partition coefficient (Wildman–Crippen LogP) is 2.20. The Hall–Kier alpha value is -2.02. The van der Waals surface area contributed by atoms with Crippen LogP contribution in [0.3, 0.4) is 0 Å². The lowest BCUT2D eigenvalue weighted by Gasteiger charge is -2.37. The number of methoxy groups -OCH3 is 1. The molecular weight excluding hydrogens is 304 g/mol. The van der Waals surface area contributed by atoms with Crippen LogP contribution in [0, 0.1) is 20.8 Å². The normalized spacial score (nSPS) is 18.2. The quantitative estimate of drug-likeness (QED) is 0.837. The molecule has 0 bridgehead atoms. The Morgan fingerprint density at radius 2 is 2.00 bits per heavy atom. The molecule has 3 heterocycles. The summed E-state index contributed by atoms with van der Waals surface area (Å²) in [5.74, 6) is 3.53. The molecule has 1 aliphatic heterocycles. The van der Waals surface area contributed by atoms with Crippen molar-refractivity contribution in [3.8, 4) is 0 Å². The van der Waals surface area contributed by atoms with Crippen molar-refractivity contribution in [3.05, 3.63) is 29.2 Å². The van der Waals surface area contributed by atoms with Crippen LogP contribution in [0.25, 0.3) is 0 Å². The van der Waals surface area contributed by atoms with Crippen LogP contribution in [0.1, 0.15) is 42.4 Å². The number of hydrogen-bond donors (Lipinski definition) is 0. The van der Waals surface area contributed by atoms with Crippen LogP contribution in [0.15, 0.2) is 6.07 Å². The molecule has 0 aliphatic carbocycles. The molecule has 1 unspecified atom stereocenters. The van der Waals surface area contributed by atoms with Gasteiger partial charge in [-0.05, 0) is 40.0 Å². The Morgan fingerprint density at radius 1 is 1.17 bits per heavy atom. The first-order valence-corrected chi connectivity index (χ1v) is 8.55. The number of rotatable bonds is 5. The monoisotopic (exact) mass is 330 g/mol. The van der Waals surface area contributed by atoms with Gasteiger partial charge in [0.05, 0.1) is 12.6 Å². The Kier molecular flexibility index (Phi) is 5.08. The maximum Gasteiger partial charge on any atom is 0.156 e. The molecule has 0 amide bonds. The second kappa shape index (κ2) is 7.25. The Labute approximate surface area is 143 Å². The molecule has 7 heteroatoms. The second-order valence-electron chi connectivity index (χ2n) is 6.45. The molecule has 130 valence electrons. The number of piperidine rings is 1. The predicted molar refractivity (Wildman–Crippen MR) is 92.0 cm³/mol. The molecule has 7 nitrogen and oxygen atoms in total. The SMILES string of the molecule is COCc1nc(C)cc(N2CCCCC2Cn2nc(C)nc2C)n1. The fraction of sp³-hybridized carbons (Fsp3) is 0.647. The zero-order valence-electron chi connectivity index (χ0n) is 15.0. The van der Waals surface area contributed by atoms with E-state index in [4.69, 9.17) is 9.72 Å². The Morgan fingerprint density at radius 3 is 2.71 bits per heavy atom. The van der Waals surface area contributed by atoms with Crippen LogP contribution in [0.2, 0.25) is 0 Å². The van der Waals surface area contributed by atoms with Gasteiger partial charge in [-0.2, -0.15) is 5.10 Å². The van der Waals surface area contributed by atoms with Crippen molar-refractivity contribution in [1.82, 2.24) is 24.7 Å². The maximum absolute atomic E-state index is 5.20. The van der Waals surface area contributed by atoms with E-state index in [9.17, 15) is 0 Å². The summed E-state index contributed by atoms with van der Waals surface area (Å²) in [7, 11) is 1.67. The molecule has 2 aromatic rings. The Bertz CT molecular complexity index is 698. The third-order valence-electron chi connectivity index (χ3n) is 4.43. The minimum atomic E-state index is 0.378. The van der Waals surface area contributed by atoms with E-state index in [1.165, 1.54) is 12.8 Å². The third-order valence-corrected chi connectivity index (χ3v) is 4.43. The molecule has 2 aromatic heterocycles. The number of aromatic nitrogens is 5. The van der Waals surface area contributed by atoms with Gasteiger partial charge in [0, 0.05) is 25.4 Å². The fourth-order valence-corrected chi connectivity index (χ4v) is 3.38. The minimum absolute atomic E-state index is 0.378. The van der Waals surface area contributed by atoms with Gasteiger partial charge in [-0.15, -0.1) is 0 Å². The van der Waals surface area contributed by atoms with E-state index >= 15 is 0 Å². The van der Waals surface area contributed by atoms with E-state index in [-0.39, 0.29) is 0 Å². The van der Waals surface area contributed by atoms with Crippen LogP contribution in [-0.4, -0.2) is 44.4 Å². The van der Waals surface area contributed by atoms with Gasteiger partial charge >= 0.3 is 0 Å². The highest BCUT2D eigenvalue weighted by Crippen LogP contribution is 2.25. The number of nitrogens with zero attached hydrogens (tertiary/aromatic N) is 6. The highest BCUT2D eigenvalue weighted by Gasteiger charge is 2.25. The van der Waals surface area contributed by atoms with Crippen LogP contribution in [0.5, 0.6) is 0 Å². The molecule has 0 saturated carbocycles. The summed E-state index contributed by atoms with van der Waals surface area (Å²) >= 11 is 0. The average Bonchev–Trinajstić information content (AvgIpc) is 2.85. The summed E-state index contributed by atoms with van der Waals surface area (Å²) in [6.45, 7) is 8.25. The van der Waals surface area contributed by atoms with Crippen molar-refractivity contribution in [2.75, 3.05) is 18.6 Å². The lowest BCUT2D eigenvalue weighted by molar-refractivity contribution is 0.177. The maximum atomic E-state index is 5.20. The molecule has 0 aromatic carbocycles. The lowest BCUT2D eigenvalue weighted by Crippen LogP contribution is -2.43. The van der Waals surface area contributed by atoms with E-state index in [1.54, 1.807) is 7.11 Å². The van der Waals surface area contributed by atoms with Crippen LogP contribution >= 0.6 is 0 Å². The van der Waals surface area contributed by atoms with E-state index in [1.807, 2.05) is 25.5 Å². The third kappa shape index (κ3) is 3.72.